The molecule has 2 fully saturated rings. The summed E-state index contributed by atoms with van der Waals surface area (Å²) in [6.07, 6.45) is 12.0. The number of Topliss-reactive ketones (excluding diaryl/α,β-unsaturated/α-hetero) is 1. The van der Waals surface area contributed by atoms with E-state index in [-0.39, 0.29) is 29.8 Å². The van der Waals surface area contributed by atoms with Crippen LogP contribution >= 0.6 is 0 Å². The first-order valence-corrected chi connectivity index (χ1v) is 13.6. The van der Waals surface area contributed by atoms with E-state index in [1.54, 1.807) is 6.92 Å². The number of ether oxygens (including phenoxy) is 1. The van der Waals surface area contributed by atoms with Gasteiger partial charge >= 0.3 is 5.97 Å². The molecule has 0 aromatic rings. The highest BCUT2D eigenvalue weighted by Gasteiger charge is 2.45. The Kier molecular flexibility index (Phi) is 10.4. The number of hydrogen-bond acceptors (Lipinski definition) is 4. The first-order chi connectivity index (χ1) is 15.5. The second-order valence-electron chi connectivity index (χ2n) is 11.8. The number of esters is 1. The van der Waals surface area contributed by atoms with E-state index in [0.717, 1.165) is 77.0 Å². The van der Waals surface area contributed by atoms with Crippen LogP contribution in [0.25, 0.3) is 0 Å². The molecule has 1 amide bonds. The average molecular weight is 464 g/mol. The van der Waals surface area contributed by atoms with E-state index in [9.17, 15) is 14.4 Å². The van der Waals surface area contributed by atoms with Gasteiger partial charge in [0.05, 0.1) is 11.3 Å². The minimum atomic E-state index is -0.517. The number of carbonyl (C=O) groups is 3. The lowest BCUT2D eigenvalue weighted by Crippen LogP contribution is -2.48. The van der Waals surface area contributed by atoms with E-state index in [1.165, 1.54) is 0 Å². The fraction of sp³-hybridized carbons (Fsp3) is 0.893. The molecular formula is C28H49NO4. The van der Waals surface area contributed by atoms with E-state index < -0.39 is 11.0 Å². The van der Waals surface area contributed by atoms with Gasteiger partial charge in [0.15, 0.2) is 0 Å². The van der Waals surface area contributed by atoms with Crippen molar-refractivity contribution in [2.75, 3.05) is 0 Å². The molecule has 4 atom stereocenters. The minimum Gasteiger partial charge on any atom is -0.460 e. The third-order valence-electron chi connectivity index (χ3n) is 7.83. The summed E-state index contributed by atoms with van der Waals surface area (Å²) >= 11 is 0. The second-order valence-corrected chi connectivity index (χ2v) is 11.8. The van der Waals surface area contributed by atoms with Crippen LogP contribution in [0.3, 0.4) is 0 Å². The molecule has 1 N–H and O–H groups in total. The summed E-state index contributed by atoms with van der Waals surface area (Å²) in [5, 5.41) is 3.40. The number of nitrogens with one attached hydrogen (secondary N) is 1. The van der Waals surface area contributed by atoms with Gasteiger partial charge in [0.2, 0.25) is 5.91 Å². The molecule has 0 aromatic heterocycles. The van der Waals surface area contributed by atoms with Crippen molar-refractivity contribution in [1.82, 2.24) is 5.32 Å². The van der Waals surface area contributed by atoms with Gasteiger partial charge < -0.3 is 10.1 Å². The molecule has 5 nitrogen and oxygen atoms in total. The highest BCUT2D eigenvalue weighted by Crippen LogP contribution is 2.45. The number of carbonyl (C=O) groups excluding carboxylic acids is 3. The fourth-order valence-corrected chi connectivity index (χ4v) is 6.14. The quantitative estimate of drug-likeness (QED) is 0.361. The molecule has 2 aliphatic carbocycles. The van der Waals surface area contributed by atoms with E-state index in [4.69, 9.17) is 4.74 Å². The zero-order chi connectivity index (χ0) is 24.6. The highest BCUT2D eigenvalue weighted by atomic mass is 16.6. The van der Waals surface area contributed by atoms with E-state index in [0.29, 0.717) is 18.1 Å². The minimum absolute atomic E-state index is 0.130. The van der Waals surface area contributed by atoms with Crippen LogP contribution in [-0.4, -0.2) is 29.3 Å². The summed E-state index contributed by atoms with van der Waals surface area (Å²) in [5.41, 5.74) is -0.982. The van der Waals surface area contributed by atoms with Crippen molar-refractivity contribution in [3.8, 4) is 0 Å². The van der Waals surface area contributed by atoms with Gasteiger partial charge in [-0.2, -0.15) is 0 Å². The van der Waals surface area contributed by atoms with Gasteiger partial charge in [-0.05, 0) is 85.0 Å². The van der Waals surface area contributed by atoms with Crippen LogP contribution < -0.4 is 5.32 Å². The van der Waals surface area contributed by atoms with Crippen LogP contribution in [0.5, 0.6) is 0 Å². The number of unbranched alkanes of at least 4 members (excludes halogenated alkanes) is 1. The summed E-state index contributed by atoms with van der Waals surface area (Å²) < 4.78 is 5.72. The van der Waals surface area contributed by atoms with Crippen LogP contribution in [0.1, 0.15) is 125 Å². The molecule has 33 heavy (non-hydrogen) atoms. The molecule has 0 aromatic carbocycles. The zero-order valence-corrected chi connectivity index (χ0v) is 22.1. The first-order valence-electron chi connectivity index (χ1n) is 13.6. The van der Waals surface area contributed by atoms with E-state index in [2.05, 4.69) is 19.2 Å². The van der Waals surface area contributed by atoms with Gasteiger partial charge in [0, 0.05) is 12.0 Å². The van der Waals surface area contributed by atoms with Gasteiger partial charge in [-0.25, -0.2) is 0 Å². The Bertz CT molecular complexity index is 659. The van der Waals surface area contributed by atoms with Crippen molar-refractivity contribution in [3.05, 3.63) is 0 Å². The Morgan fingerprint density at radius 1 is 1.06 bits per heavy atom. The maximum Gasteiger partial charge on any atom is 0.309 e. The van der Waals surface area contributed by atoms with Gasteiger partial charge in [-0.15, -0.1) is 0 Å². The Hall–Kier alpha value is -1.39. The number of hydrogen-bond donors (Lipinski definition) is 1. The fourth-order valence-electron chi connectivity index (χ4n) is 6.14. The van der Waals surface area contributed by atoms with Crippen molar-refractivity contribution < 1.29 is 19.1 Å². The number of ketones is 1. The van der Waals surface area contributed by atoms with E-state index >= 15 is 0 Å². The summed E-state index contributed by atoms with van der Waals surface area (Å²) in [5.74, 6) is 0.550. The zero-order valence-electron chi connectivity index (χ0n) is 22.1. The van der Waals surface area contributed by atoms with Gasteiger partial charge in [-0.3, -0.25) is 14.4 Å². The summed E-state index contributed by atoms with van der Waals surface area (Å²) in [6, 6.07) is 0.138. The predicted molar refractivity (Wildman–Crippen MR) is 133 cm³/mol. The maximum atomic E-state index is 13.7. The Morgan fingerprint density at radius 2 is 1.73 bits per heavy atom. The topological polar surface area (TPSA) is 72.5 Å². The molecule has 5 heteroatoms. The number of rotatable bonds is 11. The van der Waals surface area contributed by atoms with Crippen molar-refractivity contribution in [3.63, 3.8) is 0 Å². The van der Waals surface area contributed by atoms with Crippen LogP contribution in [-0.2, 0) is 19.1 Å². The molecule has 0 saturated heterocycles. The molecule has 0 heterocycles. The Morgan fingerprint density at radius 3 is 2.27 bits per heavy atom. The third-order valence-corrected chi connectivity index (χ3v) is 7.83. The molecule has 2 rings (SSSR count). The van der Waals surface area contributed by atoms with Crippen LogP contribution in [0.4, 0.5) is 0 Å². The largest absolute Gasteiger partial charge is 0.460 e. The lowest BCUT2D eigenvalue weighted by Gasteiger charge is -2.38. The van der Waals surface area contributed by atoms with Crippen molar-refractivity contribution in [2.45, 2.75) is 137 Å². The second kappa shape index (κ2) is 12.4. The van der Waals surface area contributed by atoms with Gasteiger partial charge in [-0.1, -0.05) is 46.0 Å². The monoisotopic (exact) mass is 463 g/mol. The molecule has 0 aliphatic heterocycles. The van der Waals surface area contributed by atoms with Crippen molar-refractivity contribution in [2.24, 2.45) is 23.2 Å². The van der Waals surface area contributed by atoms with Gasteiger partial charge in [0.1, 0.15) is 11.4 Å². The normalized spacial score (nSPS) is 25.9. The molecule has 1 unspecified atom stereocenters. The molecular weight excluding hydrogens is 414 g/mol. The molecule has 0 spiro atoms. The maximum absolute atomic E-state index is 13.7. The first kappa shape index (κ1) is 27.9. The molecule has 190 valence electrons. The molecule has 0 radical (unpaired) electrons. The third kappa shape index (κ3) is 8.10. The van der Waals surface area contributed by atoms with Crippen molar-refractivity contribution in [1.29, 1.82) is 0 Å². The average Bonchev–Trinajstić information content (AvgIpc) is 3.20. The molecule has 0 bridgehead atoms. The lowest BCUT2D eigenvalue weighted by atomic mass is 9.72. The number of amides is 1. The van der Waals surface area contributed by atoms with Crippen LogP contribution in [0.2, 0.25) is 0 Å². The summed E-state index contributed by atoms with van der Waals surface area (Å²) in [7, 11) is 0. The predicted octanol–water partition coefficient (Wildman–Crippen LogP) is 6.38. The SMILES string of the molecule is CCCC[C@@H]1C[C@@H](NC(=O)C2(CC(CCC)C(=O)OC(C)(C)C)CCCC2)CC[C@H]1C(C)=O. The smallest absolute Gasteiger partial charge is 0.309 e. The Labute approximate surface area is 202 Å². The van der Waals surface area contributed by atoms with Crippen LogP contribution in [0.15, 0.2) is 0 Å². The lowest BCUT2D eigenvalue weighted by molar-refractivity contribution is -0.162. The highest BCUT2D eigenvalue weighted by molar-refractivity contribution is 5.84. The summed E-state index contributed by atoms with van der Waals surface area (Å²) in [4.78, 5) is 38.8. The standard InChI is InChI=1S/C28H49NO4/c1-7-9-13-21-18-23(14-15-24(21)20(3)30)29-26(32)28(16-10-11-17-28)19-22(12-8-2)25(31)33-27(4,5)6/h21-24H,7-19H2,1-6H3,(H,29,32)/t21-,22?,23+,24+/m1/s1. The van der Waals surface area contributed by atoms with Crippen molar-refractivity contribution >= 4 is 17.7 Å². The molecule has 2 saturated carbocycles. The van der Waals surface area contributed by atoms with Gasteiger partial charge in [0.25, 0.3) is 0 Å². The molecule has 2 aliphatic rings. The van der Waals surface area contributed by atoms with Crippen LogP contribution in [0, 0.1) is 23.2 Å². The van der Waals surface area contributed by atoms with E-state index in [1.807, 2.05) is 20.8 Å². The Balaban J connectivity index is 2.10. The summed E-state index contributed by atoms with van der Waals surface area (Å²) in [6.45, 7) is 11.7.